The molecule has 5 aromatic carbocycles. The lowest BCUT2D eigenvalue weighted by molar-refractivity contribution is 0.0895. The van der Waals surface area contributed by atoms with Crippen LogP contribution in [0.5, 0.6) is 5.75 Å². The van der Waals surface area contributed by atoms with E-state index in [0.29, 0.717) is 6.61 Å². The van der Waals surface area contributed by atoms with Gasteiger partial charge < -0.3 is 9.47 Å². The summed E-state index contributed by atoms with van der Waals surface area (Å²) in [5.74, 6) is 0.973. The molecule has 1 aliphatic heterocycles. The van der Waals surface area contributed by atoms with E-state index in [1.807, 2.05) is 0 Å². The summed E-state index contributed by atoms with van der Waals surface area (Å²) in [6, 6.07) is 50.8. The van der Waals surface area contributed by atoms with Crippen LogP contribution < -0.4 is 31.3 Å². The molecule has 0 saturated carbocycles. The van der Waals surface area contributed by atoms with Crippen molar-refractivity contribution in [2.45, 2.75) is 31.8 Å². The molecule has 0 spiro atoms. The Morgan fingerprint density at radius 3 is 1.62 bits per heavy atom. The second-order valence-electron chi connectivity index (χ2n) is 11.4. The van der Waals surface area contributed by atoms with Crippen molar-refractivity contribution in [3.05, 3.63) is 163 Å². The molecule has 1 unspecified atom stereocenters. The third-order valence-electron chi connectivity index (χ3n) is 8.40. The van der Waals surface area contributed by atoms with Crippen LogP contribution >= 0.6 is 15.8 Å². The van der Waals surface area contributed by atoms with Crippen LogP contribution in [0.25, 0.3) is 5.57 Å². The zero-order valence-electron chi connectivity index (χ0n) is 25.5. The molecule has 0 aromatic heterocycles. The third kappa shape index (κ3) is 6.61. The summed E-state index contributed by atoms with van der Waals surface area (Å²) < 4.78 is 13.7. The van der Waals surface area contributed by atoms with E-state index in [-0.39, 0.29) is 6.10 Å². The van der Waals surface area contributed by atoms with E-state index >= 15 is 0 Å². The number of benzene rings is 5. The lowest BCUT2D eigenvalue weighted by atomic mass is 9.93. The fourth-order valence-corrected chi connectivity index (χ4v) is 11.4. The number of allylic oxidation sites excluding steroid dienone is 2. The number of fused-ring (bicyclic) bond motifs is 3. The van der Waals surface area contributed by atoms with E-state index in [4.69, 9.17) is 9.47 Å². The maximum atomic E-state index is 6.89. The highest BCUT2D eigenvalue weighted by Gasteiger charge is 2.34. The van der Waals surface area contributed by atoms with Gasteiger partial charge in [-0.2, -0.15) is 0 Å². The molecule has 2 aliphatic rings. The van der Waals surface area contributed by atoms with Crippen molar-refractivity contribution in [3.63, 3.8) is 0 Å². The molecule has 5 aromatic rings. The third-order valence-corrected chi connectivity index (χ3v) is 13.4. The monoisotopic (exact) mass is 624 g/mol. The summed E-state index contributed by atoms with van der Waals surface area (Å²) in [4.78, 5) is 0. The molecule has 1 heterocycles. The summed E-state index contributed by atoms with van der Waals surface area (Å²) in [5.41, 5.74) is 2.52. The predicted molar refractivity (Wildman–Crippen MR) is 194 cm³/mol. The van der Waals surface area contributed by atoms with Gasteiger partial charge in [0.15, 0.2) is 0 Å². The molecular formula is C41H38O2P2. The van der Waals surface area contributed by atoms with Gasteiger partial charge in [-0.15, -0.1) is 0 Å². The first-order chi connectivity index (χ1) is 22.4. The highest BCUT2D eigenvalue weighted by molar-refractivity contribution is 7.80. The van der Waals surface area contributed by atoms with Gasteiger partial charge in [-0.05, 0) is 79.4 Å². The van der Waals surface area contributed by atoms with Crippen molar-refractivity contribution < 1.29 is 9.47 Å². The fraction of sp³-hybridized carbons (Fsp3) is 0.171. The van der Waals surface area contributed by atoms with E-state index in [1.54, 1.807) is 0 Å². The van der Waals surface area contributed by atoms with Crippen LogP contribution in [0.15, 0.2) is 157 Å². The van der Waals surface area contributed by atoms with Crippen LogP contribution in [0.2, 0.25) is 0 Å². The van der Waals surface area contributed by atoms with E-state index in [9.17, 15) is 0 Å². The topological polar surface area (TPSA) is 18.5 Å². The Bertz CT molecular complexity index is 1670. The van der Waals surface area contributed by atoms with Crippen LogP contribution in [0.4, 0.5) is 0 Å². The molecule has 1 atom stereocenters. The Morgan fingerprint density at radius 2 is 1.04 bits per heavy atom. The first kappa shape index (κ1) is 29.9. The molecule has 1 aliphatic carbocycles. The largest absolute Gasteiger partial charge is 0.493 e. The Labute approximate surface area is 270 Å². The first-order valence-electron chi connectivity index (χ1n) is 16.0. The molecule has 0 amide bonds. The van der Waals surface area contributed by atoms with Gasteiger partial charge in [0.1, 0.15) is 5.75 Å². The van der Waals surface area contributed by atoms with Crippen LogP contribution in [-0.4, -0.2) is 19.3 Å². The summed E-state index contributed by atoms with van der Waals surface area (Å²) in [5, 5.41) is 8.03. The second kappa shape index (κ2) is 14.5. The summed E-state index contributed by atoms with van der Waals surface area (Å²) in [6.45, 7) is 1.47. The molecule has 2 nitrogen and oxygen atoms in total. The highest BCUT2D eigenvalue weighted by atomic mass is 31.1. The second-order valence-corrected chi connectivity index (χ2v) is 15.7. The van der Waals surface area contributed by atoms with Gasteiger partial charge in [0.05, 0.1) is 12.7 Å². The quantitative estimate of drug-likeness (QED) is 0.177. The van der Waals surface area contributed by atoms with Crippen LogP contribution in [0.3, 0.4) is 0 Å². The smallest absolute Gasteiger partial charge is 0.127 e. The Morgan fingerprint density at radius 1 is 0.511 bits per heavy atom. The minimum Gasteiger partial charge on any atom is -0.493 e. The van der Waals surface area contributed by atoms with Gasteiger partial charge in [-0.3, -0.25) is 0 Å². The van der Waals surface area contributed by atoms with E-state index in [0.717, 1.165) is 38.0 Å². The number of rotatable bonds is 6. The normalized spacial score (nSPS) is 16.9. The van der Waals surface area contributed by atoms with E-state index < -0.39 is 15.8 Å². The maximum absolute atomic E-state index is 6.89. The average Bonchev–Trinajstić information content (AvgIpc) is 3.14. The SMILES string of the molecule is C1=CC(P(c2ccccc2)c2ccccc2)=C2c3c(cccc3P(c3ccccc3)c3ccccc3)OCCCCCOC2C1. The van der Waals surface area contributed by atoms with Crippen LogP contribution in [0.1, 0.15) is 31.2 Å². The average molecular weight is 625 g/mol. The molecule has 224 valence electrons. The van der Waals surface area contributed by atoms with Crippen molar-refractivity contribution in [1.82, 2.24) is 0 Å². The minimum atomic E-state index is -0.869. The highest BCUT2D eigenvalue weighted by Crippen LogP contribution is 2.52. The van der Waals surface area contributed by atoms with Crippen molar-refractivity contribution in [1.29, 1.82) is 0 Å². The van der Waals surface area contributed by atoms with Crippen molar-refractivity contribution in [2.24, 2.45) is 0 Å². The van der Waals surface area contributed by atoms with Crippen LogP contribution in [-0.2, 0) is 4.74 Å². The first-order valence-corrected chi connectivity index (χ1v) is 18.7. The predicted octanol–water partition coefficient (Wildman–Crippen LogP) is 8.20. The molecule has 0 radical (unpaired) electrons. The summed E-state index contributed by atoms with van der Waals surface area (Å²) >= 11 is 0. The molecule has 4 heteroatoms. The van der Waals surface area contributed by atoms with E-state index in [1.165, 1.54) is 43.0 Å². The summed E-state index contributed by atoms with van der Waals surface area (Å²) in [6.07, 6.45) is 8.71. The Balaban J connectivity index is 1.55. The minimum absolute atomic E-state index is 0.0487. The van der Waals surface area contributed by atoms with Crippen LogP contribution in [0, 0.1) is 0 Å². The summed E-state index contributed by atoms with van der Waals surface area (Å²) in [7, 11) is -1.72. The lowest BCUT2D eigenvalue weighted by Gasteiger charge is -2.33. The van der Waals surface area contributed by atoms with Gasteiger partial charge >= 0.3 is 0 Å². The molecule has 0 bridgehead atoms. The van der Waals surface area contributed by atoms with Gasteiger partial charge in [0.2, 0.25) is 0 Å². The zero-order chi connectivity index (χ0) is 30.3. The van der Waals surface area contributed by atoms with Gasteiger partial charge in [-0.25, -0.2) is 0 Å². The molecule has 0 fully saturated rings. The fourth-order valence-electron chi connectivity index (χ4n) is 6.36. The van der Waals surface area contributed by atoms with Gasteiger partial charge in [-0.1, -0.05) is 146 Å². The Kier molecular flexibility index (Phi) is 9.65. The molecule has 0 N–H and O–H groups in total. The lowest BCUT2D eigenvalue weighted by Crippen LogP contribution is -2.28. The van der Waals surface area contributed by atoms with Crippen molar-refractivity contribution in [2.75, 3.05) is 13.2 Å². The van der Waals surface area contributed by atoms with Gasteiger partial charge in [0, 0.05) is 17.7 Å². The maximum Gasteiger partial charge on any atom is 0.127 e. The van der Waals surface area contributed by atoms with Gasteiger partial charge in [0.25, 0.3) is 0 Å². The van der Waals surface area contributed by atoms with Crippen molar-refractivity contribution >= 4 is 47.9 Å². The number of ether oxygens (including phenoxy) is 2. The number of hydrogen-bond acceptors (Lipinski definition) is 2. The van der Waals surface area contributed by atoms with Crippen molar-refractivity contribution in [3.8, 4) is 5.75 Å². The zero-order valence-corrected chi connectivity index (χ0v) is 27.3. The van der Waals surface area contributed by atoms with E-state index in [2.05, 4.69) is 152 Å². The Hall–Kier alpha value is -3.80. The molecule has 45 heavy (non-hydrogen) atoms. The number of hydrogen-bond donors (Lipinski definition) is 0. The molecule has 7 rings (SSSR count). The molecule has 0 saturated heterocycles. The standard InChI is InChI=1S/C41H38O2P2/c1-6-18-32(19-7-1)44(33-20-8-2-9-21-33)38-28-16-26-36-40(38)41-37(43-31-15-5-14-30-42-36)27-17-29-39(41)45(34-22-10-3-11-23-34)35-24-12-4-13-25-35/h1-4,6-13,16-26,28-29,37H,5,14-15,27,30-31H2. The molecular weight excluding hydrogens is 586 g/mol.